The molecule has 4 heterocycles. The van der Waals surface area contributed by atoms with E-state index in [1.165, 1.54) is 12.8 Å². The zero-order chi connectivity index (χ0) is 27.0. The van der Waals surface area contributed by atoms with Crippen molar-refractivity contribution in [2.45, 2.75) is 52.5 Å². The summed E-state index contributed by atoms with van der Waals surface area (Å²) in [5.74, 6) is 0.899. The number of allylic oxidation sites excluding steroid dienone is 5. The Balaban J connectivity index is 1.38. The predicted octanol–water partition coefficient (Wildman–Crippen LogP) is 7.58. The molecular formula is C33H37N5O. The molecule has 39 heavy (non-hydrogen) atoms. The summed E-state index contributed by atoms with van der Waals surface area (Å²) in [6.07, 6.45) is 18.3. The molecule has 200 valence electrons. The van der Waals surface area contributed by atoms with Crippen molar-refractivity contribution < 1.29 is 4.74 Å². The number of hydrogen-bond acceptors (Lipinski definition) is 5. The first kappa shape index (κ1) is 26.6. The summed E-state index contributed by atoms with van der Waals surface area (Å²) in [6, 6.07) is 13.0. The van der Waals surface area contributed by atoms with Crippen LogP contribution in [0, 0.1) is 0 Å². The average Bonchev–Trinajstić information content (AvgIpc) is 3.68. The molecule has 0 amide bonds. The molecular weight excluding hydrogens is 482 g/mol. The summed E-state index contributed by atoms with van der Waals surface area (Å²) in [5, 5.41) is 4.55. The number of imidazole rings is 1. The summed E-state index contributed by atoms with van der Waals surface area (Å²) < 4.78 is 6.19. The lowest BCUT2D eigenvalue weighted by Crippen LogP contribution is -2.26. The van der Waals surface area contributed by atoms with Gasteiger partial charge in [-0.3, -0.25) is 9.97 Å². The highest BCUT2D eigenvalue weighted by atomic mass is 16.5. The number of hydrogen-bond donors (Lipinski definition) is 2. The van der Waals surface area contributed by atoms with E-state index in [9.17, 15) is 0 Å². The van der Waals surface area contributed by atoms with Gasteiger partial charge in [0, 0.05) is 40.5 Å². The zero-order valence-electron chi connectivity index (χ0n) is 23.1. The molecule has 6 heteroatoms. The molecule has 1 aromatic carbocycles. The van der Waals surface area contributed by atoms with Crippen LogP contribution < -0.4 is 5.32 Å². The van der Waals surface area contributed by atoms with Gasteiger partial charge >= 0.3 is 0 Å². The van der Waals surface area contributed by atoms with Crippen molar-refractivity contribution >= 4 is 22.2 Å². The van der Waals surface area contributed by atoms with Gasteiger partial charge in [0.1, 0.15) is 12.4 Å². The molecule has 5 rings (SSSR count). The SMILES string of the molecule is CC/C=C\C=C(/C)c1nc[nH]c1-c1ccc2ncc(-c3ccc(/C(=C/CC)OCC4CCCN4)cn3)cc2c1. The maximum atomic E-state index is 6.19. The second-order valence-electron chi connectivity index (χ2n) is 9.96. The third-order valence-electron chi connectivity index (χ3n) is 7.04. The first-order chi connectivity index (χ1) is 19.2. The van der Waals surface area contributed by atoms with Crippen LogP contribution in [0.4, 0.5) is 0 Å². The van der Waals surface area contributed by atoms with Gasteiger partial charge in [0.25, 0.3) is 0 Å². The van der Waals surface area contributed by atoms with Gasteiger partial charge in [-0.05, 0) is 81.1 Å². The van der Waals surface area contributed by atoms with Crippen molar-refractivity contribution in [3.05, 3.63) is 90.7 Å². The van der Waals surface area contributed by atoms with Crippen LogP contribution in [0.15, 0.2) is 79.4 Å². The number of rotatable bonds is 10. The Kier molecular flexibility index (Phi) is 8.64. The van der Waals surface area contributed by atoms with Crippen molar-refractivity contribution in [2.24, 2.45) is 0 Å². The summed E-state index contributed by atoms with van der Waals surface area (Å²) in [7, 11) is 0. The summed E-state index contributed by atoms with van der Waals surface area (Å²) >= 11 is 0. The van der Waals surface area contributed by atoms with E-state index in [4.69, 9.17) is 14.7 Å². The first-order valence-corrected chi connectivity index (χ1v) is 14.0. The quantitative estimate of drug-likeness (QED) is 0.167. The van der Waals surface area contributed by atoms with Crippen molar-refractivity contribution in [1.29, 1.82) is 0 Å². The van der Waals surface area contributed by atoms with Crippen LogP contribution in [0.3, 0.4) is 0 Å². The molecule has 0 radical (unpaired) electrons. The average molecular weight is 520 g/mol. The van der Waals surface area contributed by atoms with Crippen LogP contribution in [-0.4, -0.2) is 39.1 Å². The van der Waals surface area contributed by atoms with E-state index in [1.54, 1.807) is 6.33 Å². The molecule has 1 aliphatic heterocycles. The van der Waals surface area contributed by atoms with Crippen molar-refractivity contribution in [1.82, 2.24) is 25.3 Å². The van der Waals surface area contributed by atoms with E-state index in [0.29, 0.717) is 12.6 Å². The first-order valence-electron chi connectivity index (χ1n) is 14.0. The fourth-order valence-corrected chi connectivity index (χ4v) is 4.91. The number of fused-ring (bicyclic) bond motifs is 1. The Morgan fingerprint density at radius 3 is 2.69 bits per heavy atom. The van der Waals surface area contributed by atoms with Gasteiger partial charge in [-0.25, -0.2) is 4.98 Å². The highest BCUT2D eigenvalue weighted by molar-refractivity contribution is 5.88. The number of pyridine rings is 2. The van der Waals surface area contributed by atoms with Gasteiger partial charge < -0.3 is 15.0 Å². The van der Waals surface area contributed by atoms with Crippen LogP contribution in [0.1, 0.15) is 57.7 Å². The smallest absolute Gasteiger partial charge is 0.124 e. The zero-order valence-corrected chi connectivity index (χ0v) is 23.1. The maximum Gasteiger partial charge on any atom is 0.124 e. The highest BCUT2D eigenvalue weighted by Gasteiger charge is 2.16. The molecule has 0 bridgehead atoms. The second-order valence-corrected chi connectivity index (χ2v) is 9.96. The van der Waals surface area contributed by atoms with Crippen LogP contribution in [0.25, 0.3) is 44.7 Å². The molecule has 1 unspecified atom stereocenters. The number of aromatic nitrogens is 4. The van der Waals surface area contributed by atoms with Gasteiger partial charge in [0.15, 0.2) is 0 Å². The monoisotopic (exact) mass is 519 g/mol. The van der Waals surface area contributed by atoms with E-state index in [-0.39, 0.29) is 0 Å². The van der Waals surface area contributed by atoms with E-state index in [2.05, 4.69) is 90.7 Å². The van der Waals surface area contributed by atoms with Gasteiger partial charge in [-0.2, -0.15) is 0 Å². The Labute approximate surface area is 231 Å². The molecule has 0 aliphatic carbocycles. The molecule has 1 fully saturated rings. The Bertz CT molecular complexity index is 1490. The summed E-state index contributed by atoms with van der Waals surface area (Å²) in [5.41, 5.74) is 7.97. The van der Waals surface area contributed by atoms with Crippen LogP contribution in [0.2, 0.25) is 0 Å². The summed E-state index contributed by atoms with van der Waals surface area (Å²) in [6.45, 7) is 8.11. The van der Waals surface area contributed by atoms with E-state index < -0.39 is 0 Å². The van der Waals surface area contributed by atoms with Gasteiger partial charge in [-0.1, -0.05) is 38.1 Å². The van der Waals surface area contributed by atoms with E-state index >= 15 is 0 Å². The number of nitrogens with zero attached hydrogens (tertiary/aromatic N) is 3. The third-order valence-corrected chi connectivity index (χ3v) is 7.04. The van der Waals surface area contributed by atoms with Crippen molar-refractivity contribution in [2.75, 3.05) is 13.2 Å². The number of H-pyrrole nitrogens is 1. The molecule has 1 aliphatic rings. The number of nitrogens with one attached hydrogen (secondary N) is 2. The maximum absolute atomic E-state index is 6.19. The topological polar surface area (TPSA) is 75.7 Å². The van der Waals surface area contributed by atoms with Crippen LogP contribution in [-0.2, 0) is 4.74 Å². The normalized spacial score (nSPS) is 16.4. The number of benzene rings is 1. The van der Waals surface area contributed by atoms with Gasteiger partial charge in [0.05, 0.1) is 28.9 Å². The number of ether oxygens (including phenoxy) is 1. The fraction of sp³-hybridized carbons (Fsp3) is 0.303. The standard InChI is InChI=1S/C33H37N5O/c1-4-6-7-10-23(3)32-33(38-22-37-32)24-12-14-29-26(17-24)18-27(20-36-29)30-15-13-25(19-35-30)31(9-5-2)39-21-28-11-8-16-34-28/h6-7,9-10,12-15,17-20,22,28,34H,4-5,8,11,16,21H2,1-3H3,(H,37,38)/b7-6-,23-10+,31-9-. The lowest BCUT2D eigenvalue weighted by atomic mass is 10.0. The minimum absolute atomic E-state index is 0.432. The lowest BCUT2D eigenvalue weighted by molar-refractivity contribution is 0.241. The molecule has 4 aromatic rings. The van der Waals surface area contributed by atoms with Crippen LogP contribution in [0.5, 0.6) is 0 Å². The second kappa shape index (κ2) is 12.7. The molecule has 1 saturated heterocycles. The molecule has 2 N–H and O–H groups in total. The highest BCUT2D eigenvalue weighted by Crippen LogP contribution is 2.30. The molecule has 0 spiro atoms. The minimum Gasteiger partial charge on any atom is -0.492 e. The summed E-state index contributed by atoms with van der Waals surface area (Å²) in [4.78, 5) is 17.4. The van der Waals surface area contributed by atoms with E-state index in [1.807, 2.05) is 18.5 Å². The predicted molar refractivity (Wildman–Crippen MR) is 161 cm³/mol. The largest absolute Gasteiger partial charge is 0.492 e. The van der Waals surface area contributed by atoms with E-state index in [0.717, 1.165) is 75.4 Å². The Hall–Kier alpha value is -4.03. The third kappa shape index (κ3) is 6.35. The van der Waals surface area contributed by atoms with Crippen molar-refractivity contribution in [3.63, 3.8) is 0 Å². The molecule has 1 atom stereocenters. The Morgan fingerprint density at radius 2 is 1.92 bits per heavy atom. The minimum atomic E-state index is 0.432. The van der Waals surface area contributed by atoms with Crippen molar-refractivity contribution in [3.8, 4) is 22.5 Å². The van der Waals surface area contributed by atoms with Crippen LogP contribution >= 0.6 is 0 Å². The fourth-order valence-electron chi connectivity index (χ4n) is 4.91. The number of aromatic amines is 1. The molecule has 6 nitrogen and oxygen atoms in total. The van der Waals surface area contributed by atoms with Gasteiger partial charge in [-0.15, -0.1) is 0 Å². The Morgan fingerprint density at radius 1 is 1.03 bits per heavy atom. The van der Waals surface area contributed by atoms with Gasteiger partial charge in [0.2, 0.25) is 0 Å². The molecule has 0 saturated carbocycles. The lowest BCUT2D eigenvalue weighted by Gasteiger charge is -2.15. The molecule has 3 aromatic heterocycles.